The van der Waals surface area contributed by atoms with Crippen LogP contribution in [0.5, 0.6) is 0 Å². The zero-order valence-electron chi connectivity index (χ0n) is 19.7. The standard InChI is InChI=1S/C25H28ClN3O4/c1-8-14-31-24(30)33-17(4)32-23(22-21(26)16(3)28-29(22)9-2)20(15-27)18-10-12-19(13-11-18)25(5,6)7/h1,10-13,17H,9,14H2,2-7H3/b23-20-. The van der Waals surface area contributed by atoms with Crippen molar-refractivity contribution in [3.8, 4) is 18.4 Å². The molecule has 8 heteroatoms. The van der Waals surface area contributed by atoms with Gasteiger partial charge in [0.05, 0.1) is 10.7 Å². The zero-order chi connectivity index (χ0) is 24.8. The minimum absolute atomic E-state index is 0.0449. The molecule has 174 valence electrons. The molecule has 1 aromatic carbocycles. The molecule has 0 saturated carbocycles. The first-order valence-corrected chi connectivity index (χ1v) is 10.8. The van der Waals surface area contributed by atoms with Gasteiger partial charge in [-0.15, -0.1) is 6.42 Å². The smallest absolute Gasteiger partial charge is 0.451 e. The second-order valence-electron chi connectivity index (χ2n) is 8.25. The van der Waals surface area contributed by atoms with Gasteiger partial charge in [-0.2, -0.15) is 10.4 Å². The molecule has 1 aromatic heterocycles. The van der Waals surface area contributed by atoms with Crippen LogP contribution in [-0.4, -0.2) is 28.8 Å². The number of benzene rings is 1. The van der Waals surface area contributed by atoms with Crippen LogP contribution in [0.4, 0.5) is 4.79 Å². The first-order valence-electron chi connectivity index (χ1n) is 10.5. The molecule has 0 spiro atoms. The Morgan fingerprint density at radius 3 is 2.42 bits per heavy atom. The van der Waals surface area contributed by atoms with E-state index >= 15 is 0 Å². The molecule has 1 atom stereocenters. The van der Waals surface area contributed by atoms with Crippen molar-refractivity contribution in [1.82, 2.24) is 9.78 Å². The zero-order valence-corrected chi connectivity index (χ0v) is 20.5. The van der Waals surface area contributed by atoms with E-state index in [1.165, 1.54) is 6.92 Å². The quantitative estimate of drug-likeness (QED) is 0.170. The van der Waals surface area contributed by atoms with Gasteiger partial charge < -0.3 is 14.2 Å². The molecule has 0 aliphatic heterocycles. The molecule has 33 heavy (non-hydrogen) atoms. The molecule has 0 N–H and O–H groups in total. The molecular formula is C25H28ClN3O4. The molecule has 7 nitrogen and oxygen atoms in total. The number of carbonyl (C=O) groups excluding carboxylic acids is 1. The highest BCUT2D eigenvalue weighted by atomic mass is 35.5. The van der Waals surface area contributed by atoms with E-state index in [-0.39, 0.29) is 23.4 Å². The normalized spacial score (nSPS) is 12.8. The van der Waals surface area contributed by atoms with E-state index in [9.17, 15) is 10.1 Å². The number of aryl methyl sites for hydroxylation is 2. The van der Waals surface area contributed by atoms with Crippen LogP contribution in [0.15, 0.2) is 24.3 Å². The summed E-state index contributed by atoms with van der Waals surface area (Å²) in [5.74, 6) is 2.33. The van der Waals surface area contributed by atoms with Crippen LogP contribution in [-0.2, 0) is 26.2 Å². The van der Waals surface area contributed by atoms with E-state index in [2.05, 4.69) is 37.9 Å². The molecule has 1 unspecified atom stereocenters. The number of nitriles is 1. The van der Waals surface area contributed by atoms with Gasteiger partial charge in [0.1, 0.15) is 17.3 Å². The van der Waals surface area contributed by atoms with Crippen LogP contribution in [0.1, 0.15) is 57.1 Å². The van der Waals surface area contributed by atoms with E-state index in [1.807, 2.05) is 31.2 Å². The van der Waals surface area contributed by atoms with E-state index < -0.39 is 12.4 Å². The highest BCUT2D eigenvalue weighted by molar-refractivity contribution is 6.33. The molecule has 0 saturated heterocycles. The van der Waals surface area contributed by atoms with Crippen molar-refractivity contribution in [2.45, 2.75) is 59.8 Å². The Balaban J connectivity index is 2.60. The molecule has 2 rings (SSSR count). The summed E-state index contributed by atoms with van der Waals surface area (Å²) in [7, 11) is 0. The Kier molecular flexibility index (Phi) is 8.56. The lowest BCUT2D eigenvalue weighted by Crippen LogP contribution is -2.20. The second kappa shape index (κ2) is 10.9. The molecule has 0 aliphatic carbocycles. The summed E-state index contributed by atoms with van der Waals surface area (Å²) in [5, 5.41) is 14.9. The van der Waals surface area contributed by atoms with E-state index in [4.69, 9.17) is 32.2 Å². The van der Waals surface area contributed by atoms with Gasteiger partial charge in [-0.3, -0.25) is 4.68 Å². The van der Waals surface area contributed by atoms with Crippen molar-refractivity contribution in [3.63, 3.8) is 0 Å². The van der Waals surface area contributed by atoms with Gasteiger partial charge in [-0.1, -0.05) is 62.6 Å². The molecular weight excluding hydrogens is 442 g/mol. The van der Waals surface area contributed by atoms with Crippen LogP contribution >= 0.6 is 11.6 Å². The minimum atomic E-state index is -1.10. The van der Waals surface area contributed by atoms with Gasteiger partial charge in [-0.25, -0.2) is 4.79 Å². The van der Waals surface area contributed by atoms with Gasteiger partial charge in [0, 0.05) is 13.5 Å². The highest BCUT2D eigenvalue weighted by Crippen LogP contribution is 2.35. The lowest BCUT2D eigenvalue weighted by molar-refractivity contribution is -0.0644. The Morgan fingerprint density at radius 2 is 1.91 bits per heavy atom. The molecule has 0 radical (unpaired) electrons. The van der Waals surface area contributed by atoms with Gasteiger partial charge in [-0.05, 0) is 30.4 Å². The fraction of sp³-hybridized carbons (Fsp3) is 0.400. The third-order valence-electron chi connectivity index (χ3n) is 4.77. The van der Waals surface area contributed by atoms with Crippen LogP contribution in [0.3, 0.4) is 0 Å². The summed E-state index contributed by atoms with van der Waals surface area (Å²) < 4.78 is 17.5. The number of halogens is 1. The fourth-order valence-corrected chi connectivity index (χ4v) is 3.30. The van der Waals surface area contributed by atoms with Crippen molar-refractivity contribution in [2.75, 3.05) is 6.61 Å². The second-order valence-corrected chi connectivity index (χ2v) is 8.63. The van der Waals surface area contributed by atoms with E-state index in [0.29, 0.717) is 28.5 Å². The predicted octanol–water partition coefficient (Wildman–Crippen LogP) is 5.70. The maximum atomic E-state index is 11.8. The number of terminal acetylenes is 1. The maximum Gasteiger partial charge on any atom is 0.512 e. The van der Waals surface area contributed by atoms with Gasteiger partial charge in [0.25, 0.3) is 0 Å². The number of ether oxygens (including phenoxy) is 3. The Morgan fingerprint density at radius 1 is 1.27 bits per heavy atom. The number of nitrogens with zero attached hydrogens (tertiary/aromatic N) is 3. The van der Waals surface area contributed by atoms with Crippen LogP contribution < -0.4 is 0 Å². The van der Waals surface area contributed by atoms with Crippen molar-refractivity contribution in [3.05, 3.63) is 51.8 Å². The van der Waals surface area contributed by atoms with Crippen molar-refractivity contribution >= 4 is 29.1 Å². The number of rotatable bonds is 7. The average molecular weight is 470 g/mol. The van der Waals surface area contributed by atoms with Gasteiger partial charge in [0.15, 0.2) is 12.4 Å². The molecule has 2 aromatic rings. The lowest BCUT2D eigenvalue weighted by Gasteiger charge is -2.21. The number of aromatic nitrogens is 2. The summed E-state index contributed by atoms with van der Waals surface area (Å²) in [6, 6.07) is 9.84. The largest absolute Gasteiger partial charge is 0.512 e. The predicted molar refractivity (Wildman–Crippen MR) is 127 cm³/mol. The van der Waals surface area contributed by atoms with Crippen molar-refractivity contribution in [1.29, 1.82) is 5.26 Å². The number of hydrogen-bond acceptors (Lipinski definition) is 6. The summed E-state index contributed by atoms with van der Waals surface area (Å²) in [4.78, 5) is 11.8. The number of allylic oxidation sites excluding steroid dienone is 1. The van der Waals surface area contributed by atoms with Crippen LogP contribution in [0, 0.1) is 30.6 Å². The Hall–Kier alpha value is -3.42. The number of carbonyl (C=O) groups is 1. The van der Waals surface area contributed by atoms with Crippen LogP contribution in [0.25, 0.3) is 11.3 Å². The molecule has 0 amide bonds. The lowest BCUT2D eigenvalue weighted by atomic mass is 9.86. The monoisotopic (exact) mass is 469 g/mol. The van der Waals surface area contributed by atoms with Crippen molar-refractivity contribution < 1.29 is 19.0 Å². The van der Waals surface area contributed by atoms with Crippen molar-refractivity contribution in [2.24, 2.45) is 0 Å². The molecule has 0 aliphatic rings. The SMILES string of the molecule is C#CCOC(=O)OC(C)O/C(=C(/C#N)c1ccc(C(C)(C)C)cc1)c1c(Cl)c(C)nn1CC. The maximum absolute atomic E-state index is 11.8. The van der Waals surface area contributed by atoms with Gasteiger partial charge in [0.2, 0.25) is 6.29 Å². The van der Waals surface area contributed by atoms with E-state index in [1.54, 1.807) is 11.6 Å². The molecule has 0 fully saturated rings. The topological polar surface area (TPSA) is 86.4 Å². The first-order chi connectivity index (χ1) is 15.5. The fourth-order valence-electron chi connectivity index (χ4n) is 3.08. The third kappa shape index (κ3) is 6.31. The summed E-state index contributed by atoms with van der Waals surface area (Å²) >= 11 is 6.56. The average Bonchev–Trinajstić information content (AvgIpc) is 3.05. The Labute approximate surface area is 199 Å². The number of hydrogen-bond donors (Lipinski definition) is 0. The van der Waals surface area contributed by atoms with Crippen LogP contribution in [0.2, 0.25) is 5.02 Å². The summed E-state index contributed by atoms with van der Waals surface area (Å²) in [6.07, 6.45) is 3.01. The minimum Gasteiger partial charge on any atom is -0.451 e. The molecule has 0 bridgehead atoms. The summed E-state index contributed by atoms with van der Waals surface area (Å²) in [6.45, 7) is 11.7. The third-order valence-corrected chi connectivity index (χ3v) is 5.22. The van der Waals surface area contributed by atoms with E-state index in [0.717, 1.165) is 5.56 Å². The van der Waals surface area contributed by atoms with Gasteiger partial charge >= 0.3 is 6.16 Å². The Bertz CT molecular complexity index is 1110. The first kappa shape index (κ1) is 25.8. The summed E-state index contributed by atoms with van der Waals surface area (Å²) in [5.41, 5.74) is 2.92. The molecule has 1 heterocycles. The highest BCUT2D eigenvalue weighted by Gasteiger charge is 2.26.